The average molecular weight is 1020 g/mol. The van der Waals surface area contributed by atoms with Crippen molar-refractivity contribution in [2.75, 3.05) is 0 Å². The molecule has 0 aliphatic carbocycles. The number of hydrogen-bond donors (Lipinski definition) is 0. The Kier molecular flexibility index (Phi) is 10.5. The average Bonchev–Trinajstić information content (AvgIpc) is 3.72. The van der Waals surface area contributed by atoms with Gasteiger partial charge in [0.05, 0.1) is 22.8 Å². The molecule has 0 N–H and O–H groups in total. The van der Waals surface area contributed by atoms with Crippen molar-refractivity contribution in [2.24, 2.45) is 0 Å². The molecule has 0 aliphatic heterocycles. The van der Waals surface area contributed by atoms with Gasteiger partial charge < -0.3 is 0 Å². The molecule has 0 spiro atoms. The van der Waals surface area contributed by atoms with E-state index in [2.05, 4.69) is 279 Å². The Labute approximate surface area is 461 Å². The number of rotatable bonds is 7. The molecule has 80 heavy (non-hydrogen) atoms. The first-order valence-corrected chi connectivity index (χ1v) is 27.3. The fourth-order valence-electron chi connectivity index (χ4n) is 12.4. The van der Waals surface area contributed by atoms with E-state index < -0.39 is 0 Å². The minimum Gasteiger partial charge on any atom is -0.228 e. The third kappa shape index (κ3) is 7.60. The van der Waals surface area contributed by atoms with Crippen LogP contribution in [0.3, 0.4) is 0 Å². The van der Waals surface area contributed by atoms with Crippen molar-refractivity contribution in [2.45, 2.75) is 0 Å². The fraction of sp³-hybridized carbons (Fsp3) is 0. The van der Waals surface area contributed by atoms with E-state index in [1.807, 2.05) is 0 Å². The van der Waals surface area contributed by atoms with E-state index in [4.69, 9.17) is 19.9 Å². The molecule has 4 nitrogen and oxygen atoms in total. The zero-order chi connectivity index (χ0) is 52.7. The number of nitrogens with zero attached hydrogens (tertiary/aromatic N) is 4. The molecule has 0 saturated carbocycles. The first-order chi connectivity index (χ1) is 39.6. The van der Waals surface area contributed by atoms with Crippen molar-refractivity contribution in [3.63, 3.8) is 0 Å². The van der Waals surface area contributed by atoms with E-state index >= 15 is 0 Å². The highest BCUT2D eigenvalue weighted by Crippen LogP contribution is 2.42. The Hall–Kier alpha value is -10.7. The van der Waals surface area contributed by atoms with Crippen LogP contribution in [0.5, 0.6) is 0 Å². The van der Waals surface area contributed by atoms with Gasteiger partial charge in [-0.2, -0.15) is 0 Å². The highest BCUT2D eigenvalue weighted by atomic mass is 14.9. The van der Waals surface area contributed by atoms with E-state index in [-0.39, 0.29) is 0 Å². The van der Waals surface area contributed by atoms with Crippen LogP contribution in [-0.2, 0) is 0 Å². The van der Waals surface area contributed by atoms with E-state index in [1.54, 1.807) is 0 Å². The SMILES string of the molecule is c1ccc2c(c1)cc(-c1cc(-c3cc4ccccc4c4ccccc34)nc(-c3ccc(-c4ccc(-c5nc(-c6cc7ccccc7c7ccccc67)cc(-c6cc7ccccc7c7ccccc67)n5)cc4)cc3)n1)c1ccccc12. The van der Waals surface area contributed by atoms with Crippen LogP contribution < -0.4 is 0 Å². The largest absolute Gasteiger partial charge is 0.228 e. The second-order valence-electron chi connectivity index (χ2n) is 20.8. The molecule has 16 rings (SSSR count). The second kappa shape index (κ2) is 18.5. The van der Waals surface area contributed by atoms with Gasteiger partial charge in [0.2, 0.25) is 0 Å². The predicted molar refractivity (Wildman–Crippen MR) is 336 cm³/mol. The lowest BCUT2D eigenvalue weighted by molar-refractivity contribution is 1.19. The number of hydrogen-bond acceptors (Lipinski definition) is 4. The van der Waals surface area contributed by atoms with Gasteiger partial charge in [-0.25, -0.2) is 19.9 Å². The molecule has 0 amide bonds. The summed E-state index contributed by atoms with van der Waals surface area (Å²) >= 11 is 0. The monoisotopic (exact) mass is 1010 g/mol. The molecule has 16 aromatic rings. The molecule has 2 heterocycles. The lowest BCUT2D eigenvalue weighted by Crippen LogP contribution is -1.98. The first-order valence-electron chi connectivity index (χ1n) is 27.3. The zero-order valence-corrected chi connectivity index (χ0v) is 43.3. The van der Waals surface area contributed by atoms with Crippen LogP contribution >= 0.6 is 0 Å². The summed E-state index contributed by atoms with van der Waals surface area (Å²) in [6.07, 6.45) is 0. The minimum absolute atomic E-state index is 0.667. The summed E-state index contributed by atoms with van der Waals surface area (Å²) in [7, 11) is 0. The van der Waals surface area contributed by atoms with Crippen LogP contribution in [0.1, 0.15) is 0 Å². The Bertz CT molecular complexity index is 4580. The van der Waals surface area contributed by atoms with Gasteiger partial charge in [-0.05, 0) is 134 Å². The Balaban J connectivity index is 0.818. The first kappa shape index (κ1) is 45.5. The quantitative estimate of drug-likeness (QED) is 0.149. The van der Waals surface area contributed by atoms with Crippen LogP contribution in [0.25, 0.3) is 165 Å². The van der Waals surface area contributed by atoms with Crippen LogP contribution in [0, 0.1) is 0 Å². The molecule has 0 bridgehead atoms. The molecule has 14 aromatic carbocycles. The standard InChI is InChI=1S/C76H46N4/c1-5-21-55-51(17-1)41-67(63-29-13-9-25-59(55)63)71-45-72(68-42-52-18-2-6-22-56(52)60-26-10-14-30-64(60)68)78-75(77-71)49-37-33-47(34-38-49)48-35-39-50(40-36-48)76-79-73(69-43-53-19-3-7-23-57(53)61-27-11-15-31-65(61)69)46-74(80-76)70-44-54-20-4-8-24-58(54)62-28-12-16-32-66(62)70/h1-46H. The smallest absolute Gasteiger partial charge is 0.160 e. The lowest BCUT2D eigenvalue weighted by Gasteiger charge is -2.15. The number of benzene rings is 14. The Morgan fingerprint density at radius 1 is 0.163 bits per heavy atom. The van der Waals surface area contributed by atoms with Crippen LogP contribution in [0.4, 0.5) is 0 Å². The second-order valence-corrected chi connectivity index (χ2v) is 20.8. The van der Waals surface area contributed by atoms with Gasteiger partial charge in [-0.3, -0.25) is 0 Å². The summed E-state index contributed by atoms with van der Waals surface area (Å²) in [5.74, 6) is 1.33. The Morgan fingerprint density at radius 3 is 0.613 bits per heavy atom. The number of fused-ring (bicyclic) bond motifs is 12. The maximum atomic E-state index is 5.44. The summed E-state index contributed by atoms with van der Waals surface area (Å²) in [5.41, 5.74) is 11.8. The number of aromatic nitrogens is 4. The van der Waals surface area contributed by atoms with Crippen LogP contribution in [0.15, 0.2) is 279 Å². The molecule has 2 aromatic heterocycles. The van der Waals surface area contributed by atoms with Gasteiger partial charge in [0, 0.05) is 33.4 Å². The van der Waals surface area contributed by atoms with Crippen molar-refractivity contribution in [3.05, 3.63) is 279 Å². The maximum absolute atomic E-state index is 5.44. The molecule has 0 radical (unpaired) electrons. The van der Waals surface area contributed by atoms with Crippen LogP contribution in [-0.4, -0.2) is 19.9 Å². The normalized spacial score (nSPS) is 11.8. The predicted octanol–water partition coefficient (Wildman–Crippen LogP) is 20.2. The van der Waals surface area contributed by atoms with Gasteiger partial charge in [0.15, 0.2) is 11.6 Å². The van der Waals surface area contributed by atoms with Crippen LogP contribution in [0.2, 0.25) is 0 Å². The topological polar surface area (TPSA) is 51.6 Å². The van der Waals surface area contributed by atoms with E-state index in [0.29, 0.717) is 11.6 Å². The van der Waals surface area contributed by atoms with Crippen molar-refractivity contribution < 1.29 is 0 Å². The van der Waals surface area contributed by atoms with Gasteiger partial charge in [0.25, 0.3) is 0 Å². The molecule has 4 heteroatoms. The van der Waals surface area contributed by atoms with Crippen molar-refractivity contribution in [1.29, 1.82) is 0 Å². The summed E-state index contributed by atoms with van der Waals surface area (Å²) in [5, 5.41) is 19.0. The fourth-order valence-corrected chi connectivity index (χ4v) is 12.4. The third-order valence-corrected chi connectivity index (χ3v) is 16.2. The third-order valence-electron chi connectivity index (χ3n) is 16.2. The highest BCUT2D eigenvalue weighted by molar-refractivity contribution is 6.17. The summed E-state index contributed by atoms with van der Waals surface area (Å²) in [6, 6.07) is 100. The highest BCUT2D eigenvalue weighted by Gasteiger charge is 2.20. The summed E-state index contributed by atoms with van der Waals surface area (Å²) < 4.78 is 0. The van der Waals surface area contributed by atoms with Crippen molar-refractivity contribution in [3.8, 4) is 78.9 Å². The lowest BCUT2D eigenvalue weighted by atomic mass is 9.93. The van der Waals surface area contributed by atoms with Gasteiger partial charge in [-0.15, -0.1) is 0 Å². The van der Waals surface area contributed by atoms with Gasteiger partial charge in [0.1, 0.15) is 0 Å². The molecular weight excluding hydrogens is 969 g/mol. The van der Waals surface area contributed by atoms with Crippen molar-refractivity contribution >= 4 is 86.2 Å². The molecule has 370 valence electrons. The van der Waals surface area contributed by atoms with E-state index in [0.717, 1.165) is 88.8 Å². The zero-order valence-electron chi connectivity index (χ0n) is 43.3. The Morgan fingerprint density at radius 2 is 0.362 bits per heavy atom. The minimum atomic E-state index is 0.667. The van der Waals surface area contributed by atoms with Crippen molar-refractivity contribution in [1.82, 2.24) is 19.9 Å². The molecule has 0 aliphatic rings. The molecule has 0 fully saturated rings. The maximum Gasteiger partial charge on any atom is 0.160 e. The van der Waals surface area contributed by atoms with E-state index in [1.165, 1.54) is 64.6 Å². The molecular formula is C76H46N4. The molecule has 0 saturated heterocycles. The van der Waals surface area contributed by atoms with Gasteiger partial charge in [-0.1, -0.05) is 243 Å². The molecule has 0 atom stereocenters. The summed E-state index contributed by atoms with van der Waals surface area (Å²) in [6.45, 7) is 0. The molecule has 0 unspecified atom stereocenters. The van der Waals surface area contributed by atoms with Gasteiger partial charge >= 0.3 is 0 Å². The van der Waals surface area contributed by atoms with E-state index in [9.17, 15) is 0 Å². The summed E-state index contributed by atoms with van der Waals surface area (Å²) in [4.78, 5) is 21.8.